The van der Waals surface area contributed by atoms with Gasteiger partial charge in [-0.25, -0.2) is 0 Å². The van der Waals surface area contributed by atoms with Crippen LogP contribution in [0, 0.1) is 0 Å². The number of nitrogens with zero attached hydrogens (tertiary/aromatic N) is 1. The Labute approximate surface area is 164 Å². The Kier molecular flexibility index (Phi) is 5.30. The third kappa shape index (κ3) is 3.87. The SMILES string of the molecule is COc1ccc(CC(=O)Nc2ccc3c(c2)N(C(=O)C2CCCO2)CC3)cc1. The molecule has 146 valence electrons. The molecule has 1 fully saturated rings. The minimum Gasteiger partial charge on any atom is -0.497 e. The van der Waals surface area contributed by atoms with E-state index in [-0.39, 0.29) is 24.3 Å². The number of carbonyl (C=O) groups excluding carboxylic acids is 2. The molecule has 0 aromatic heterocycles. The average Bonchev–Trinajstić information content (AvgIpc) is 3.38. The smallest absolute Gasteiger partial charge is 0.256 e. The van der Waals surface area contributed by atoms with Crippen LogP contribution in [0.2, 0.25) is 0 Å². The van der Waals surface area contributed by atoms with Gasteiger partial charge in [0.15, 0.2) is 0 Å². The Morgan fingerprint density at radius 1 is 1.21 bits per heavy atom. The predicted octanol–water partition coefficient (Wildman–Crippen LogP) is 2.94. The average molecular weight is 380 g/mol. The first kappa shape index (κ1) is 18.5. The third-order valence-electron chi connectivity index (χ3n) is 5.26. The highest BCUT2D eigenvalue weighted by molar-refractivity contribution is 6.00. The summed E-state index contributed by atoms with van der Waals surface area (Å²) in [7, 11) is 1.61. The van der Waals surface area contributed by atoms with Crippen molar-refractivity contribution in [1.82, 2.24) is 0 Å². The fraction of sp³-hybridized carbons (Fsp3) is 0.364. The topological polar surface area (TPSA) is 67.9 Å². The maximum atomic E-state index is 12.7. The fourth-order valence-electron chi connectivity index (χ4n) is 3.77. The number of benzene rings is 2. The summed E-state index contributed by atoms with van der Waals surface area (Å²) >= 11 is 0. The van der Waals surface area contributed by atoms with Crippen molar-refractivity contribution >= 4 is 23.2 Å². The van der Waals surface area contributed by atoms with Gasteiger partial charge in [0.1, 0.15) is 11.9 Å². The van der Waals surface area contributed by atoms with Crippen molar-refractivity contribution in [1.29, 1.82) is 0 Å². The first-order valence-corrected chi connectivity index (χ1v) is 9.63. The van der Waals surface area contributed by atoms with Crippen molar-refractivity contribution in [3.8, 4) is 5.75 Å². The van der Waals surface area contributed by atoms with Crippen LogP contribution in [0.4, 0.5) is 11.4 Å². The Morgan fingerprint density at radius 3 is 2.75 bits per heavy atom. The molecule has 0 aliphatic carbocycles. The van der Waals surface area contributed by atoms with E-state index in [0.29, 0.717) is 18.8 Å². The van der Waals surface area contributed by atoms with Gasteiger partial charge in [-0.3, -0.25) is 9.59 Å². The van der Waals surface area contributed by atoms with E-state index >= 15 is 0 Å². The number of hydrogen-bond acceptors (Lipinski definition) is 4. The summed E-state index contributed by atoms with van der Waals surface area (Å²) in [5, 5.41) is 2.94. The van der Waals surface area contributed by atoms with E-state index in [2.05, 4.69) is 5.32 Å². The van der Waals surface area contributed by atoms with Crippen LogP contribution >= 0.6 is 0 Å². The van der Waals surface area contributed by atoms with Crippen LogP contribution in [-0.4, -0.2) is 38.2 Å². The zero-order chi connectivity index (χ0) is 19.5. The molecule has 2 aliphatic heterocycles. The maximum absolute atomic E-state index is 12.7. The lowest BCUT2D eigenvalue weighted by molar-refractivity contribution is -0.127. The number of anilines is 2. The number of fused-ring (bicyclic) bond motifs is 1. The Morgan fingerprint density at radius 2 is 2.04 bits per heavy atom. The van der Waals surface area contributed by atoms with E-state index < -0.39 is 0 Å². The number of methoxy groups -OCH3 is 1. The second kappa shape index (κ2) is 8.02. The van der Waals surface area contributed by atoms with Crippen molar-refractivity contribution in [3.05, 3.63) is 53.6 Å². The Bertz CT molecular complexity index is 873. The molecule has 0 radical (unpaired) electrons. The number of carbonyl (C=O) groups is 2. The highest BCUT2D eigenvalue weighted by Gasteiger charge is 2.32. The molecule has 1 unspecified atom stereocenters. The molecule has 2 aromatic carbocycles. The monoisotopic (exact) mass is 380 g/mol. The summed E-state index contributed by atoms with van der Waals surface area (Å²) in [6.45, 7) is 1.32. The largest absolute Gasteiger partial charge is 0.497 e. The molecule has 2 aliphatic rings. The highest BCUT2D eigenvalue weighted by Crippen LogP contribution is 2.32. The number of hydrogen-bond donors (Lipinski definition) is 1. The molecule has 1 saturated heterocycles. The molecular weight excluding hydrogens is 356 g/mol. The van der Waals surface area contributed by atoms with Crippen LogP contribution in [0.3, 0.4) is 0 Å². The van der Waals surface area contributed by atoms with E-state index in [1.54, 1.807) is 12.0 Å². The van der Waals surface area contributed by atoms with Gasteiger partial charge in [0.05, 0.1) is 13.5 Å². The van der Waals surface area contributed by atoms with Gasteiger partial charge in [0, 0.05) is 24.5 Å². The summed E-state index contributed by atoms with van der Waals surface area (Å²) in [6.07, 6.45) is 2.48. The summed E-state index contributed by atoms with van der Waals surface area (Å²) in [5.74, 6) is 0.692. The van der Waals surface area contributed by atoms with Crippen LogP contribution in [0.5, 0.6) is 5.75 Å². The highest BCUT2D eigenvalue weighted by atomic mass is 16.5. The zero-order valence-corrected chi connectivity index (χ0v) is 15.9. The lowest BCUT2D eigenvalue weighted by Gasteiger charge is -2.21. The summed E-state index contributed by atoms with van der Waals surface area (Å²) < 4.78 is 10.7. The van der Waals surface area contributed by atoms with Gasteiger partial charge < -0.3 is 19.7 Å². The standard InChI is InChI=1S/C22H24N2O4/c1-27-18-8-4-15(5-9-18)13-21(25)23-17-7-6-16-10-11-24(19(16)14-17)22(26)20-3-2-12-28-20/h4-9,14,20H,2-3,10-13H2,1H3,(H,23,25). The van der Waals surface area contributed by atoms with Crippen LogP contribution in [0.25, 0.3) is 0 Å². The minimum atomic E-state index is -0.334. The van der Waals surface area contributed by atoms with Gasteiger partial charge >= 0.3 is 0 Å². The van der Waals surface area contributed by atoms with Crippen LogP contribution in [0.15, 0.2) is 42.5 Å². The molecule has 1 atom stereocenters. The molecule has 0 bridgehead atoms. The third-order valence-corrected chi connectivity index (χ3v) is 5.26. The van der Waals surface area contributed by atoms with E-state index in [0.717, 1.165) is 41.8 Å². The Balaban J connectivity index is 1.43. The van der Waals surface area contributed by atoms with Crippen LogP contribution in [-0.2, 0) is 27.2 Å². The van der Waals surface area contributed by atoms with Crippen molar-refractivity contribution in [2.45, 2.75) is 31.8 Å². The summed E-state index contributed by atoms with van der Waals surface area (Å²) in [6, 6.07) is 13.2. The minimum absolute atomic E-state index is 0.0259. The first-order valence-electron chi connectivity index (χ1n) is 9.63. The van der Waals surface area contributed by atoms with Gasteiger partial charge in [0.25, 0.3) is 5.91 Å². The molecule has 2 aromatic rings. The fourth-order valence-corrected chi connectivity index (χ4v) is 3.77. The van der Waals surface area contributed by atoms with Crippen molar-refractivity contribution in [2.24, 2.45) is 0 Å². The first-order chi connectivity index (χ1) is 13.6. The molecule has 28 heavy (non-hydrogen) atoms. The molecule has 0 saturated carbocycles. The van der Waals surface area contributed by atoms with Gasteiger partial charge in [-0.05, 0) is 54.7 Å². The van der Waals surface area contributed by atoms with E-state index in [4.69, 9.17) is 9.47 Å². The molecule has 4 rings (SSSR count). The van der Waals surface area contributed by atoms with Crippen molar-refractivity contribution < 1.29 is 19.1 Å². The maximum Gasteiger partial charge on any atom is 0.256 e. The molecule has 6 nitrogen and oxygen atoms in total. The van der Waals surface area contributed by atoms with Crippen LogP contribution in [0.1, 0.15) is 24.0 Å². The number of amides is 2. The lowest BCUT2D eigenvalue weighted by atomic mass is 10.1. The zero-order valence-electron chi connectivity index (χ0n) is 15.9. The van der Waals surface area contributed by atoms with Crippen LogP contribution < -0.4 is 15.0 Å². The molecule has 2 amide bonds. The van der Waals surface area contributed by atoms with Gasteiger partial charge in [-0.2, -0.15) is 0 Å². The van der Waals surface area contributed by atoms with Gasteiger partial charge in [-0.1, -0.05) is 18.2 Å². The van der Waals surface area contributed by atoms with Gasteiger partial charge in [-0.15, -0.1) is 0 Å². The molecule has 6 heteroatoms. The molecule has 1 N–H and O–H groups in total. The second-order valence-corrected chi connectivity index (χ2v) is 7.16. The Hall–Kier alpha value is -2.86. The van der Waals surface area contributed by atoms with E-state index in [1.807, 2.05) is 42.5 Å². The summed E-state index contributed by atoms with van der Waals surface area (Å²) in [4.78, 5) is 27.0. The van der Waals surface area contributed by atoms with Crippen molar-refractivity contribution in [3.63, 3.8) is 0 Å². The molecular formula is C22H24N2O4. The summed E-state index contributed by atoms with van der Waals surface area (Å²) in [5.41, 5.74) is 3.61. The normalized spacial score (nSPS) is 18.0. The predicted molar refractivity (Wildman–Crippen MR) is 107 cm³/mol. The van der Waals surface area contributed by atoms with Gasteiger partial charge in [0.2, 0.25) is 5.91 Å². The quantitative estimate of drug-likeness (QED) is 0.866. The number of ether oxygens (including phenoxy) is 2. The van der Waals surface area contributed by atoms with E-state index in [1.165, 1.54) is 0 Å². The van der Waals surface area contributed by atoms with E-state index in [9.17, 15) is 9.59 Å². The lowest BCUT2D eigenvalue weighted by Crippen LogP contribution is -2.37. The second-order valence-electron chi connectivity index (χ2n) is 7.16. The molecule has 0 spiro atoms. The van der Waals surface area contributed by atoms with Crippen molar-refractivity contribution in [2.75, 3.05) is 30.5 Å². The number of nitrogens with one attached hydrogen (secondary N) is 1. The number of rotatable bonds is 5. The molecule has 2 heterocycles.